The van der Waals surface area contributed by atoms with Crippen molar-refractivity contribution in [3.63, 3.8) is 0 Å². The number of nitrogens with zero attached hydrogens (tertiary/aromatic N) is 1. The number of nitrogens with two attached hydrogens (primary N) is 1. The third-order valence-electron chi connectivity index (χ3n) is 3.52. The molecule has 1 saturated heterocycles. The van der Waals surface area contributed by atoms with Crippen molar-refractivity contribution in [1.82, 2.24) is 4.90 Å². The van der Waals surface area contributed by atoms with Crippen molar-refractivity contribution < 1.29 is 24.2 Å². The highest BCUT2D eigenvalue weighted by atomic mass is 32.2. The Morgan fingerprint density at radius 1 is 1.60 bits per heavy atom. The van der Waals surface area contributed by atoms with Gasteiger partial charge >= 0.3 is 11.9 Å². The Morgan fingerprint density at radius 2 is 2.25 bits per heavy atom. The smallest absolute Gasteiger partial charge is 0.352 e. The monoisotopic (exact) mass is 300 g/mol. The van der Waals surface area contributed by atoms with Crippen molar-refractivity contribution in [2.75, 3.05) is 12.4 Å². The molecule has 3 N–H and O–H groups in total. The second-order valence-electron chi connectivity index (χ2n) is 4.77. The van der Waals surface area contributed by atoms with E-state index in [1.807, 2.05) is 0 Å². The molecule has 0 aromatic rings. The number of carbonyl (C=O) groups is 3. The van der Waals surface area contributed by atoms with Crippen molar-refractivity contribution in [2.45, 2.75) is 31.2 Å². The van der Waals surface area contributed by atoms with E-state index >= 15 is 0 Å². The predicted octanol–water partition coefficient (Wildman–Crippen LogP) is -0.0892. The summed E-state index contributed by atoms with van der Waals surface area (Å²) in [4.78, 5) is 35.6. The molecule has 110 valence electrons. The molecule has 0 radical (unpaired) electrons. The lowest BCUT2D eigenvalue weighted by Crippen LogP contribution is -2.77. The summed E-state index contributed by atoms with van der Waals surface area (Å²) in [5, 5.41) is 8.95. The maximum atomic E-state index is 12.1. The number of ether oxygens (including phenoxy) is 1. The van der Waals surface area contributed by atoms with Crippen LogP contribution in [0.2, 0.25) is 0 Å². The van der Waals surface area contributed by atoms with Crippen LogP contribution in [0.15, 0.2) is 11.3 Å². The summed E-state index contributed by atoms with van der Waals surface area (Å²) in [5.41, 5.74) is 5.33. The SMILES string of the molecule is CC[C@]1(N)C(=O)N2C(C(=O)O)=C(COC(C)=O)CS[C@@H]21. The van der Waals surface area contributed by atoms with Gasteiger partial charge in [-0.15, -0.1) is 11.8 Å². The summed E-state index contributed by atoms with van der Waals surface area (Å²) in [7, 11) is 0. The third-order valence-corrected chi connectivity index (χ3v) is 4.98. The van der Waals surface area contributed by atoms with Gasteiger partial charge in [0.15, 0.2) is 0 Å². The Kier molecular flexibility index (Phi) is 3.79. The normalized spacial score (nSPS) is 28.9. The van der Waals surface area contributed by atoms with E-state index in [-0.39, 0.29) is 17.7 Å². The third kappa shape index (κ3) is 2.08. The lowest BCUT2D eigenvalue weighted by molar-refractivity contribution is -0.155. The molecule has 7 nitrogen and oxygen atoms in total. The number of esters is 1. The second kappa shape index (κ2) is 5.10. The number of amides is 1. The van der Waals surface area contributed by atoms with Crippen molar-refractivity contribution in [1.29, 1.82) is 0 Å². The van der Waals surface area contributed by atoms with Crippen LogP contribution >= 0.6 is 11.8 Å². The van der Waals surface area contributed by atoms with Crippen LogP contribution in [0.25, 0.3) is 0 Å². The van der Waals surface area contributed by atoms with Gasteiger partial charge in [-0.25, -0.2) is 4.79 Å². The van der Waals surface area contributed by atoms with Gasteiger partial charge in [-0.05, 0) is 6.42 Å². The number of fused-ring (bicyclic) bond motifs is 1. The Hall–Kier alpha value is -1.54. The Balaban J connectivity index is 2.31. The molecule has 0 aromatic heterocycles. The molecule has 2 rings (SSSR count). The van der Waals surface area contributed by atoms with Gasteiger partial charge in [-0.2, -0.15) is 0 Å². The largest absolute Gasteiger partial charge is 0.477 e. The molecule has 1 amide bonds. The first-order valence-corrected chi connectivity index (χ1v) is 7.20. The zero-order valence-corrected chi connectivity index (χ0v) is 12.0. The van der Waals surface area contributed by atoms with Crippen molar-refractivity contribution in [3.05, 3.63) is 11.3 Å². The molecule has 0 bridgehead atoms. The summed E-state index contributed by atoms with van der Waals surface area (Å²) in [6.07, 6.45) is 0.451. The number of aliphatic carboxylic acids is 1. The van der Waals surface area contributed by atoms with E-state index in [1.165, 1.54) is 23.6 Å². The first-order valence-electron chi connectivity index (χ1n) is 6.15. The highest BCUT2D eigenvalue weighted by molar-refractivity contribution is 8.00. The fraction of sp³-hybridized carbons (Fsp3) is 0.583. The topological polar surface area (TPSA) is 110 Å². The van der Waals surface area contributed by atoms with Gasteiger partial charge in [0.05, 0.1) is 0 Å². The van der Waals surface area contributed by atoms with Gasteiger partial charge in [-0.1, -0.05) is 6.92 Å². The molecule has 8 heteroatoms. The number of thioether (sulfide) groups is 1. The van der Waals surface area contributed by atoms with Crippen LogP contribution in [0, 0.1) is 0 Å². The summed E-state index contributed by atoms with van der Waals surface area (Å²) in [5.74, 6) is -1.72. The molecular weight excluding hydrogens is 284 g/mol. The lowest BCUT2D eigenvalue weighted by Gasteiger charge is -2.55. The zero-order valence-electron chi connectivity index (χ0n) is 11.2. The lowest BCUT2D eigenvalue weighted by atomic mass is 9.85. The minimum Gasteiger partial charge on any atom is -0.477 e. The molecule has 0 aliphatic carbocycles. The van der Waals surface area contributed by atoms with Crippen LogP contribution in [0.3, 0.4) is 0 Å². The van der Waals surface area contributed by atoms with Gasteiger partial charge in [0, 0.05) is 18.2 Å². The molecular formula is C12H16N2O5S. The van der Waals surface area contributed by atoms with Crippen LogP contribution in [0.5, 0.6) is 0 Å². The molecule has 20 heavy (non-hydrogen) atoms. The van der Waals surface area contributed by atoms with Crippen molar-refractivity contribution in [3.8, 4) is 0 Å². The number of carboxylic acids is 1. The van der Waals surface area contributed by atoms with E-state index in [0.717, 1.165) is 0 Å². The minimum absolute atomic E-state index is 0.102. The number of carboxylic acid groups (broad SMARTS) is 1. The molecule has 0 unspecified atom stereocenters. The van der Waals surface area contributed by atoms with Gasteiger partial charge in [-0.3, -0.25) is 14.5 Å². The van der Waals surface area contributed by atoms with Crippen LogP contribution in [-0.2, 0) is 19.1 Å². The maximum absolute atomic E-state index is 12.1. The summed E-state index contributed by atoms with van der Waals surface area (Å²) in [6.45, 7) is 2.93. The fourth-order valence-corrected chi connectivity index (χ4v) is 3.83. The standard InChI is InChI=1S/C12H16N2O5S/c1-3-12(13)10(18)14-8(9(16)17)7(4-19-6(2)15)5-20-11(12)14/h11H,3-5,13H2,1-2H3,(H,16,17)/t11-,12+/m1/s1. The van der Waals surface area contributed by atoms with Crippen molar-refractivity contribution in [2.24, 2.45) is 5.73 Å². The quantitative estimate of drug-likeness (QED) is 0.551. The highest BCUT2D eigenvalue weighted by Crippen LogP contribution is 2.46. The minimum atomic E-state index is -1.20. The van der Waals surface area contributed by atoms with Gasteiger partial charge in [0.1, 0.15) is 23.2 Å². The van der Waals surface area contributed by atoms with E-state index in [2.05, 4.69) is 0 Å². The van der Waals surface area contributed by atoms with E-state index in [1.54, 1.807) is 6.92 Å². The van der Waals surface area contributed by atoms with Gasteiger partial charge in [0.2, 0.25) is 0 Å². The average molecular weight is 300 g/mol. The van der Waals surface area contributed by atoms with E-state index in [9.17, 15) is 19.5 Å². The molecule has 2 heterocycles. The van der Waals surface area contributed by atoms with Crippen LogP contribution in [0.1, 0.15) is 20.3 Å². The van der Waals surface area contributed by atoms with E-state index < -0.39 is 23.4 Å². The maximum Gasteiger partial charge on any atom is 0.352 e. The zero-order chi connectivity index (χ0) is 15.1. The molecule has 2 aliphatic rings. The molecule has 1 fully saturated rings. The van der Waals surface area contributed by atoms with E-state index in [4.69, 9.17) is 10.5 Å². The second-order valence-corrected chi connectivity index (χ2v) is 5.84. The van der Waals surface area contributed by atoms with Crippen LogP contribution < -0.4 is 5.73 Å². The fourth-order valence-electron chi connectivity index (χ4n) is 2.34. The van der Waals surface area contributed by atoms with Gasteiger partial charge < -0.3 is 15.6 Å². The Morgan fingerprint density at radius 3 is 2.75 bits per heavy atom. The molecule has 0 spiro atoms. The highest BCUT2D eigenvalue weighted by Gasteiger charge is 2.61. The molecule has 0 saturated carbocycles. The average Bonchev–Trinajstić information content (AvgIpc) is 2.42. The Bertz CT molecular complexity index is 518. The number of β-lactam (4-membered cyclic amide) rings is 1. The summed E-state index contributed by atoms with van der Waals surface area (Å²) >= 11 is 1.40. The molecule has 2 aliphatic heterocycles. The first kappa shape index (κ1) is 14.9. The van der Waals surface area contributed by atoms with Crippen LogP contribution in [-0.4, -0.2) is 51.1 Å². The number of hydrogen-bond acceptors (Lipinski definition) is 6. The first-order chi connectivity index (χ1) is 9.32. The van der Waals surface area contributed by atoms with Crippen LogP contribution in [0.4, 0.5) is 0 Å². The van der Waals surface area contributed by atoms with Crippen molar-refractivity contribution >= 4 is 29.6 Å². The Labute approximate surface area is 120 Å². The predicted molar refractivity (Wildman–Crippen MR) is 71.6 cm³/mol. The summed E-state index contributed by atoms with van der Waals surface area (Å²) < 4.78 is 4.84. The number of rotatable bonds is 4. The summed E-state index contributed by atoms with van der Waals surface area (Å²) in [6, 6.07) is 0. The molecule has 0 aromatic carbocycles. The number of carbonyl (C=O) groups excluding carboxylic acids is 2. The van der Waals surface area contributed by atoms with Gasteiger partial charge in [0.25, 0.3) is 5.91 Å². The molecule has 2 atom stereocenters. The van der Waals surface area contributed by atoms with E-state index in [0.29, 0.717) is 17.7 Å². The number of hydrogen-bond donors (Lipinski definition) is 2.